The largest absolute Gasteiger partial charge is 0.477 e. The zero-order valence-electron chi connectivity index (χ0n) is 9.98. The van der Waals surface area contributed by atoms with Gasteiger partial charge in [0.15, 0.2) is 0 Å². The molecule has 2 aromatic heterocycles. The van der Waals surface area contributed by atoms with E-state index in [1.807, 2.05) is 0 Å². The van der Waals surface area contributed by atoms with Gasteiger partial charge in [0.1, 0.15) is 5.69 Å². The van der Waals surface area contributed by atoms with E-state index < -0.39 is 17.4 Å². The van der Waals surface area contributed by atoms with Crippen molar-refractivity contribution in [2.75, 3.05) is 5.32 Å². The minimum atomic E-state index is -1.17. The number of anilines is 1. The van der Waals surface area contributed by atoms with E-state index >= 15 is 0 Å². The molecule has 0 saturated heterocycles. The standard InChI is InChI=1S/C12H11N3O4/c1-6-4-8(10(14-6)12(18)19)15-11(17)7-2-3-13-9(16)5-7/h2-5,14H,1H3,(H,13,16)(H,15,17)(H,18,19). The van der Waals surface area contributed by atoms with Crippen LogP contribution >= 0.6 is 0 Å². The highest BCUT2D eigenvalue weighted by Crippen LogP contribution is 2.17. The van der Waals surface area contributed by atoms with E-state index in [4.69, 9.17) is 5.11 Å². The van der Waals surface area contributed by atoms with E-state index in [1.165, 1.54) is 18.3 Å². The van der Waals surface area contributed by atoms with Gasteiger partial charge in [-0.15, -0.1) is 0 Å². The lowest BCUT2D eigenvalue weighted by atomic mass is 10.2. The molecule has 2 heterocycles. The number of aromatic amines is 2. The second-order valence-electron chi connectivity index (χ2n) is 3.94. The fourth-order valence-electron chi connectivity index (χ4n) is 1.64. The maximum Gasteiger partial charge on any atom is 0.354 e. The number of carboxylic acid groups (broad SMARTS) is 1. The molecule has 2 aromatic rings. The molecule has 0 fully saturated rings. The quantitative estimate of drug-likeness (QED) is 0.658. The van der Waals surface area contributed by atoms with Crippen LogP contribution in [-0.4, -0.2) is 27.0 Å². The van der Waals surface area contributed by atoms with Crippen LogP contribution in [0.2, 0.25) is 0 Å². The Balaban J connectivity index is 2.29. The van der Waals surface area contributed by atoms with Gasteiger partial charge < -0.3 is 20.4 Å². The minimum absolute atomic E-state index is 0.101. The molecule has 4 N–H and O–H groups in total. The Bertz CT molecular complexity index is 699. The summed E-state index contributed by atoms with van der Waals surface area (Å²) >= 11 is 0. The van der Waals surface area contributed by atoms with E-state index in [0.717, 1.165) is 6.07 Å². The van der Waals surface area contributed by atoms with Gasteiger partial charge in [0.25, 0.3) is 5.91 Å². The maximum atomic E-state index is 11.9. The van der Waals surface area contributed by atoms with Crippen LogP contribution in [0.4, 0.5) is 5.69 Å². The van der Waals surface area contributed by atoms with Crippen LogP contribution in [0.15, 0.2) is 29.2 Å². The maximum absolute atomic E-state index is 11.9. The van der Waals surface area contributed by atoms with E-state index in [2.05, 4.69) is 15.3 Å². The molecule has 1 amide bonds. The topological polar surface area (TPSA) is 115 Å². The average molecular weight is 261 g/mol. The molecular formula is C12H11N3O4. The Morgan fingerprint density at radius 2 is 2.05 bits per heavy atom. The van der Waals surface area contributed by atoms with Crippen molar-refractivity contribution in [3.63, 3.8) is 0 Å². The predicted molar refractivity (Wildman–Crippen MR) is 67.5 cm³/mol. The number of carbonyl (C=O) groups is 2. The number of rotatable bonds is 3. The van der Waals surface area contributed by atoms with Gasteiger partial charge in [0, 0.05) is 23.5 Å². The van der Waals surface area contributed by atoms with Crippen LogP contribution in [-0.2, 0) is 0 Å². The molecule has 19 heavy (non-hydrogen) atoms. The number of hydrogen-bond donors (Lipinski definition) is 4. The summed E-state index contributed by atoms with van der Waals surface area (Å²) in [6.07, 6.45) is 1.34. The van der Waals surface area contributed by atoms with Crippen molar-refractivity contribution in [2.24, 2.45) is 0 Å². The first-order valence-corrected chi connectivity index (χ1v) is 5.40. The molecule has 0 unspecified atom stereocenters. The number of aryl methyl sites for hydroxylation is 1. The molecule has 0 atom stereocenters. The Morgan fingerprint density at radius 3 is 2.68 bits per heavy atom. The summed E-state index contributed by atoms with van der Waals surface area (Å²) in [4.78, 5) is 39.0. The number of amides is 1. The van der Waals surface area contributed by atoms with Gasteiger partial charge in [0.05, 0.1) is 5.69 Å². The van der Waals surface area contributed by atoms with Crippen LogP contribution in [0.3, 0.4) is 0 Å². The number of pyridine rings is 1. The highest BCUT2D eigenvalue weighted by atomic mass is 16.4. The van der Waals surface area contributed by atoms with Gasteiger partial charge in [0.2, 0.25) is 5.56 Å². The van der Waals surface area contributed by atoms with E-state index in [9.17, 15) is 14.4 Å². The number of nitrogens with one attached hydrogen (secondary N) is 3. The molecule has 7 heteroatoms. The van der Waals surface area contributed by atoms with Crippen LogP contribution in [0.25, 0.3) is 0 Å². The third-order valence-electron chi connectivity index (χ3n) is 2.45. The van der Waals surface area contributed by atoms with Crippen molar-refractivity contribution in [1.29, 1.82) is 0 Å². The zero-order valence-corrected chi connectivity index (χ0v) is 9.98. The van der Waals surface area contributed by atoms with Gasteiger partial charge in [-0.05, 0) is 19.1 Å². The monoisotopic (exact) mass is 261 g/mol. The summed E-state index contributed by atoms with van der Waals surface area (Å²) in [5, 5.41) is 11.4. The third-order valence-corrected chi connectivity index (χ3v) is 2.45. The summed E-state index contributed by atoms with van der Waals surface area (Å²) in [6, 6.07) is 4.07. The minimum Gasteiger partial charge on any atom is -0.477 e. The molecule has 2 rings (SSSR count). The second-order valence-corrected chi connectivity index (χ2v) is 3.94. The lowest BCUT2D eigenvalue weighted by Crippen LogP contribution is -2.16. The van der Waals surface area contributed by atoms with E-state index in [-0.39, 0.29) is 16.9 Å². The Hall–Kier alpha value is -2.83. The Labute approximate surface area is 107 Å². The van der Waals surface area contributed by atoms with Gasteiger partial charge in [-0.2, -0.15) is 0 Å². The van der Waals surface area contributed by atoms with Crippen molar-refractivity contribution in [3.8, 4) is 0 Å². The van der Waals surface area contributed by atoms with Gasteiger partial charge >= 0.3 is 5.97 Å². The summed E-state index contributed by atoms with van der Waals surface area (Å²) in [5.74, 6) is -1.72. The van der Waals surface area contributed by atoms with Crippen molar-refractivity contribution >= 4 is 17.6 Å². The average Bonchev–Trinajstić information content (AvgIpc) is 2.70. The molecule has 0 saturated carbocycles. The van der Waals surface area contributed by atoms with Crippen LogP contribution < -0.4 is 10.9 Å². The molecule has 98 valence electrons. The Kier molecular flexibility index (Phi) is 3.19. The van der Waals surface area contributed by atoms with E-state index in [1.54, 1.807) is 6.92 Å². The van der Waals surface area contributed by atoms with Gasteiger partial charge in [-0.25, -0.2) is 4.79 Å². The number of hydrogen-bond acceptors (Lipinski definition) is 3. The molecule has 0 aliphatic heterocycles. The molecule has 0 aromatic carbocycles. The highest BCUT2D eigenvalue weighted by molar-refractivity contribution is 6.07. The first-order valence-electron chi connectivity index (χ1n) is 5.40. The van der Waals surface area contributed by atoms with Gasteiger partial charge in [-0.1, -0.05) is 0 Å². The molecule has 0 bridgehead atoms. The normalized spacial score (nSPS) is 10.2. The number of carbonyl (C=O) groups excluding carboxylic acids is 1. The molecule has 0 aliphatic rings. The molecule has 0 aliphatic carbocycles. The first-order chi connectivity index (χ1) is 8.97. The summed E-state index contributed by atoms with van der Waals surface area (Å²) in [7, 11) is 0. The lowest BCUT2D eigenvalue weighted by Gasteiger charge is -2.03. The van der Waals surface area contributed by atoms with Crippen molar-refractivity contribution in [3.05, 3.63) is 51.7 Å². The number of H-pyrrole nitrogens is 2. The van der Waals surface area contributed by atoms with Crippen molar-refractivity contribution < 1.29 is 14.7 Å². The number of carboxylic acids is 1. The molecular weight excluding hydrogens is 250 g/mol. The third kappa shape index (κ3) is 2.71. The summed E-state index contributed by atoms with van der Waals surface area (Å²) in [6.45, 7) is 1.68. The molecule has 0 radical (unpaired) electrons. The van der Waals surface area contributed by atoms with Crippen molar-refractivity contribution in [2.45, 2.75) is 6.92 Å². The smallest absolute Gasteiger partial charge is 0.354 e. The lowest BCUT2D eigenvalue weighted by molar-refractivity contribution is 0.0692. The summed E-state index contributed by atoms with van der Waals surface area (Å²) < 4.78 is 0. The fraction of sp³-hybridized carbons (Fsp3) is 0.0833. The Morgan fingerprint density at radius 1 is 1.32 bits per heavy atom. The fourth-order valence-corrected chi connectivity index (χ4v) is 1.64. The van der Waals surface area contributed by atoms with Crippen LogP contribution in [0.5, 0.6) is 0 Å². The SMILES string of the molecule is Cc1cc(NC(=O)c2cc[nH]c(=O)c2)c(C(=O)O)[nH]1. The van der Waals surface area contributed by atoms with Gasteiger partial charge in [-0.3, -0.25) is 9.59 Å². The number of aromatic carboxylic acids is 1. The molecule has 0 spiro atoms. The second kappa shape index (κ2) is 4.81. The van der Waals surface area contributed by atoms with E-state index in [0.29, 0.717) is 5.69 Å². The highest BCUT2D eigenvalue weighted by Gasteiger charge is 2.16. The predicted octanol–water partition coefficient (Wildman–Crippen LogP) is 0.962. The number of aromatic nitrogens is 2. The van der Waals surface area contributed by atoms with Crippen molar-refractivity contribution in [1.82, 2.24) is 9.97 Å². The zero-order chi connectivity index (χ0) is 14.0. The molecule has 7 nitrogen and oxygen atoms in total. The van der Waals surface area contributed by atoms with Crippen LogP contribution in [0, 0.1) is 6.92 Å². The van der Waals surface area contributed by atoms with Crippen LogP contribution in [0.1, 0.15) is 26.5 Å². The first kappa shape index (κ1) is 12.6. The summed E-state index contributed by atoms with van der Waals surface area (Å²) in [5.41, 5.74) is 0.417.